The lowest BCUT2D eigenvalue weighted by atomic mass is 10.1. The van der Waals surface area contributed by atoms with Gasteiger partial charge in [-0.3, -0.25) is 5.10 Å². The fourth-order valence-corrected chi connectivity index (χ4v) is 1.49. The molecule has 7 heteroatoms. The molecule has 0 aliphatic rings. The van der Waals surface area contributed by atoms with Crippen molar-refractivity contribution in [2.24, 2.45) is 0 Å². The lowest BCUT2D eigenvalue weighted by molar-refractivity contribution is 0.366. The molecule has 0 aliphatic carbocycles. The number of methoxy groups -OCH3 is 1. The smallest absolute Gasteiger partial charge is 0.170 e. The summed E-state index contributed by atoms with van der Waals surface area (Å²) < 4.78 is 31.7. The van der Waals surface area contributed by atoms with Crippen LogP contribution in [0.1, 0.15) is 0 Å². The molecule has 90 valence electrons. The van der Waals surface area contributed by atoms with E-state index in [4.69, 9.17) is 10.5 Å². The van der Waals surface area contributed by atoms with Gasteiger partial charge in [-0.1, -0.05) is 0 Å². The molecule has 0 fully saturated rings. The molecule has 1 heterocycles. The number of phenolic OH excluding ortho intramolecular Hbond substituents is 1. The van der Waals surface area contributed by atoms with Crippen molar-refractivity contribution in [3.8, 4) is 22.6 Å². The van der Waals surface area contributed by atoms with Crippen molar-refractivity contribution in [3.05, 3.63) is 23.9 Å². The zero-order valence-corrected chi connectivity index (χ0v) is 8.79. The molecule has 0 amide bonds. The number of rotatable bonds is 2. The molecule has 17 heavy (non-hydrogen) atoms. The summed E-state index contributed by atoms with van der Waals surface area (Å²) in [6.07, 6.45) is 1.19. The Balaban J connectivity index is 2.76. The van der Waals surface area contributed by atoms with Gasteiger partial charge in [-0.05, 0) is 0 Å². The molecular weight excluding hydrogens is 232 g/mol. The molecule has 4 N–H and O–H groups in total. The second kappa shape index (κ2) is 3.93. The van der Waals surface area contributed by atoms with Gasteiger partial charge in [0.25, 0.3) is 0 Å². The molecule has 1 aromatic carbocycles. The van der Waals surface area contributed by atoms with Crippen molar-refractivity contribution in [1.82, 2.24) is 10.2 Å². The number of hydrogen-bond acceptors (Lipinski definition) is 4. The predicted octanol–water partition coefficient (Wildman–Crippen LogP) is 1.65. The third-order valence-corrected chi connectivity index (χ3v) is 2.32. The van der Waals surface area contributed by atoms with Gasteiger partial charge < -0.3 is 15.6 Å². The summed E-state index contributed by atoms with van der Waals surface area (Å²) in [6.45, 7) is 0. The monoisotopic (exact) mass is 241 g/mol. The molecule has 0 saturated carbocycles. The number of H-pyrrole nitrogens is 1. The van der Waals surface area contributed by atoms with Crippen molar-refractivity contribution >= 4 is 5.82 Å². The summed E-state index contributed by atoms with van der Waals surface area (Å²) in [7, 11) is 1.23. The van der Waals surface area contributed by atoms with Crippen LogP contribution < -0.4 is 10.5 Å². The number of halogens is 2. The normalized spacial score (nSPS) is 10.5. The van der Waals surface area contributed by atoms with Gasteiger partial charge in [0.15, 0.2) is 23.1 Å². The van der Waals surface area contributed by atoms with Crippen LogP contribution in [-0.2, 0) is 0 Å². The highest BCUT2D eigenvalue weighted by molar-refractivity contribution is 5.80. The van der Waals surface area contributed by atoms with E-state index < -0.39 is 17.4 Å². The Morgan fingerprint density at radius 1 is 1.47 bits per heavy atom. The fraction of sp³-hybridized carbons (Fsp3) is 0.100. The van der Waals surface area contributed by atoms with Crippen molar-refractivity contribution in [1.29, 1.82) is 0 Å². The first-order valence-corrected chi connectivity index (χ1v) is 4.60. The Labute approximate surface area is 94.8 Å². The van der Waals surface area contributed by atoms with E-state index in [2.05, 4.69) is 10.2 Å². The first-order valence-electron chi connectivity index (χ1n) is 4.60. The predicted molar refractivity (Wildman–Crippen MR) is 56.6 cm³/mol. The van der Waals surface area contributed by atoms with Gasteiger partial charge in [-0.15, -0.1) is 0 Å². The maximum absolute atomic E-state index is 13.6. The summed E-state index contributed by atoms with van der Waals surface area (Å²) in [4.78, 5) is 0. The number of benzene rings is 1. The molecule has 0 spiro atoms. The lowest BCUT2D eigenvalue weighted by Crippen LogP contribution is -1.96. The van der Waals surface area contributed by atoms with E-state index in [1.807, 2.05) is 0 Å². The third-order valence-electron chi connectivity index (χ3n) is 2.32. The number of aromatic nitrogens is 2. The number of aromatic hydroxyl groups is 1. The topological polar surface area (TPSA) is 84.2 Å². The van der Waals surface area contributed by atoms with Crippen LogP contribution in [0, 0.1) is 11.6 Å². The van der Waals surface area contributed by atoms with Crippen LogP contribution in [0.2, 0.25) is 0 Å². The molecule has 5 nitrogen and oxygen atoms in total. The minimum Gasteiger partial charge on any atom is -0.504 e. The highest BCUT2D eigenvalue weighted by Gasteiger charge is 2.22. The van der Waals surface area contributed by atoms with E-state index in [9.17, 15) is 13.9 Å². The van der Waals surface area contributed by atoms with E-state index in [0.717, 1.165) is 6.07 Å². The number of nitrogen functional groups attached to an aromatic ring is 1. The van der Waals surface area contributed by atoms with E-state index >= 15 is 0 Å². The molecule has 0 atom stereocenters. The average molecular weight is 241 g/mol. The molecule has 1 aromatic heterocycles. The van der Waals surface area contributed by atoms with Crippen LogP contribution in [0.15, 0.2) is 12.3 Å². The van der Waals surface area contributed by atoms with E-state index in [1.54, 1.807) is 0 Å². The molecular formula is C10H9F2N3O2. The second-order valence-electron chi connectivity index (χ2n) is 3.30. The maximum Gasteiger partial charge on any atom is 0.170 e. The summed E-state index contributed by atoms with van der Waals surface area (Å²) in [5, 5.41) is 15.7. The zero-order valence-electron chi connectivity index (χ0n) is 8.79. The summed E-state index contributed by atoms with van der Waals surface area (Å²) in [6, 6.07) is 0.754. The fourth-order valence-electron chi connectivity index (χ4n) is 1.49. The molecule has 2 aromatic rings. The summed E-state index contributed by atoms with van der Waals surface area (Å²) in [5.74, 6) is -3.04. The Morgan fingerprint density at radius 2 is 2.18 bits per heavy atom. The number of hydrogen-bond donors (Lipinski definition) is 3. The standard InChI is InChI=1S/C10H9F2N3O2/c1-17-6-2-5(11)8(12)7(9(6)16)4-3-14-15-10(4)13/h2-3,16H,1H3,(H3,13,14,15). The highest BCUT2D eigenvalue weighted by Crippen LogP contribution is 2.41. The molecule has 2 rings (SSSR count). The number of nitrogens with one attached hydrogen (secondary N) is 1. The van der Waals surface area contributed by atoms with Gasteiger partial charge in [0.05, 0.1) is 24.4 Å². The van der Waals surface area contributed by atoms with Crippen LogP contribution in [-0.4, -0.2) is 22.4 Å². The number of nitrogens with zero attached hydrogens (tertiary/aromatic N) is 1. The Morgan fingerprint density at radius 3 is 2.71 bits per heavy atom. The largest absolute Gasteiger partial charge is 0.504 e. The van der Waals surface area contributed by atoms with Crippen LogP contribution in [0.5, 0.6) is 11.5 Å². The van der Waals surface area contributed by atoms with Gasteiger partial charge in [0.1, 0.15) is 5.82 Å². The second-order valence-corrected chi connectivity index (χ2v) is 3.30. The minimum absolute atomic E-state index is 0.0202. The van der Waals surface area contributed by atoms with Crippen LogP contribution in [0.25, 0.3) is 11.1 Å². The SMILES string of the molecule is COc1cc(F)c(F)c(-c2cn[nH]c2N)c1O. The first kappa shape index (κ1) is 11.2. The lowest BCUT2D eigenvalue weighted by Gasteiger charge is -2.10. The number of phenols is 1. The molecule has 0 unspecified atom stereocenters. The zero-order chi connectivity index (χ0) is 12.6. The number of anilines is 1. The van der Waals surface area contributed by atoms with Gasteiger partial charge in [0.2, 0.25) is 0 Å². The van der Waals surface area contributed by atoms with Gasteiger partial charge in [0, 0.05) is 6.07 Å². The molecule has 0 radical (unpaired) electrons. The van der Waals surface area contributed by atoms with E-state index in [0.29, 0.717) is 0 Å². The third kappa shape index (κ3) is 1.65. The first-order chi connectivity index (χ1) is 8.06. The van der Waals surface area contributed by atoms with Crippen LogP contribution in [0.4, 0.5) is 14.6 Å². The Hall–Kier alpha value is -2.31. The van der Waals surface area contributed by atoms with Gasteiger partial charge >= 0.3 is 0 Å². The van der Waals surface area contributed by atoms with Crippen molar-refractivity contribution in [2.75, 3.05) is 12.8 Å². The average Bonchev–Trinajstić information content (AvgIpc) is 2.71. The van der Waals surface area contributed by atoms with Crippen molar-refractivity contribution < 1.29 is 18.6 Å². The van der Waals surface area contributed by atoms with E-state index in [1.165, 1.54) is 13.3 Å². The quantitative estimate of drug-likeness (QED) is 0.746. The van der Waals surface area contributed by atoms with Crippen LogP contribution in [0.3, 0.4) is 0 Å². The number of aromatic amines is 1. The molecule has 0 saturated heterocycles. The Kier molecular flexibility index (Phi) is 2.58. The van der Waals surface area contributed by atoms with Gasteiger partial charge in [-0.2, -0.15) is 5.10 Å². The molecule has 0 aliphatic heterocycles. The van der Waals surface area contributed by atoms with Crippen molar-refractivity contribution in [2.45, 2.75) is 0 Å². The maximum atomic E-state index is 13.6. The molecule has 0 bridgehead atoms. The minimum atomic E-state index is -1.21. The number of nitrogens with two attached hydrogens (primary N) is 1. The number of ether oxygens (including phenoxy) is 1. The summed E-state index contributed by atoms with van der Waals surface area (Å²) in [5.41, 5.74) is 5.18. The van der Waals surface area contributed by atoms with Gasteiger partial charge in [-0.25, -0.2) is 8.78 Å². The Bertz CT molecular complexity index is 569. The van der Waals surface area contributed by atoms with Crippen LogP contribution >= 0.6 is 0 Å². The highest BCUT2D eigenvalue weighted by atomic mass is 19.2. The summed E-state index contributed by atoms with van der Waals surface area (Å²) >= 11 is 0. The van der Waals surface area contributed by atoms with Crippen molar-refractivity contribution in [3.63, 3.8) is 0 Å². The van der Waals surface area contributed by atoms with E-state index in [-0.39, 0.29) is 22.7 Å².